The van der Waals surface area contributed by atoms with E-state index in [-0.39, 0.29) is 0 Å². The summed E-state index contributed by atoms with van der Waals surface area (Å²) < 4.78 is 10.9. The lowest BCUT2D eigenvalue weighted by atomic mass is 10.2. The van der Waals surface area contributed by atoms with Crippen molar-refractivity contribution in [2.75, 3.05) is 7.11 Å². The Morgan fingerprint density at radius 3 is 2.33 bits per heavy atom. The van der Waals surface area contributed by atoms with E-state index in [1.165, 1.54) is 0 Å². The summed E-state index contributed by atoms with van der Waals surface area (Å²) in [6, 6.07) is 15.6. The van der Waals surface area contributed by atoms with Crippen LogP contribution in [0.25, 0.3) is 0 Å². The SMILES string of the molecule is COc1cccc(COc2cccc(CCl)c2)c1. The first kappa shape index (κ1) is 12.8. The lowest BCUT2D eigenvalue weighted by Crippen LogP contribution is -1.96. The molecule has 0 bridgehead atoms. The molecule has 0 aliphatic rings. The van der Waals surface area contributed by atoms with Crippen LogP contribution in [0.2, 0.25) is 0 Å². The van der Waals surface area contributed by atoms with Crippen molar-refractivity contribution >= 4 is 11.6 Å². The molecule has 0 aliphatic carbocycles. The van der Waals surface area contributed by atoms with Gasteiger partial charge >= 0.3 is 0 Å². The van der Waals surface area contributed by atoms with Gasteiger partial charge in [-0.3, -0.25) is 0 Å². The third-order valence-corrected chi connectivity index (χ3v) is 2.90. The molecule has 0 fully saturated rings. The minimum atomic E-state index is 0.496. The summed E-state index contributed by atoms with van der Waals surface area (Å²) in [5, 5.41) is 0. The van der Waals surface area contributed by atoms with Crippen molar-refractivity contribution in [3.63, 3.8) is 0 Å². The number of benzene rings is 2. The molecule has 0 saturated heterocycles. The normalized spacial score (nSPS) is 10.1. The Balaban J connectivity index is 2.01. The van der Waals surface area contributed by atoms with Crippen LogP contribution in [0, 0.1) is 0 Å². The van der Waals surface area contributed by atoms with Crippen LogP contribution in [0.1, 0.15) is 11.1 Å². The highest BCUT2D eigenvalue weighted by molar-refractivity contribution is 6.17. The summed E-state index contributed by atoms with van der Waals surface area (Å²) in [6.07, 6.45) is 0. The smallest absolute Gasteiger partial charge is 0.120 e. The monoisotopic (exact) mass is 262 g/mol. The van der Waals surface area contributed by atoms with Crippen LogP contribution in [-0.2, 0) is 12.5 Å². The van der Waals surface area contributed by atoms with E-state index in [4.69, 9.17) is 21.1 Å². The van der Waals surface area contributed by atoms with E-state index in [0.29, 0.717) is 12.5 Å². The Morgan fingerprint density at radius 2 is 1.61 bits per heavy atom. The molecule has 94 valence electrons. The summed E-state index contributed by atoms with van der Waals surface area (Å²) in [4.78, 5) is 0. The van der Waals surface area contributed by atoms with Crippen molar-refractivity contribution in [1.29, 1.82) is 0 Å². The third-order valence-electron chi connectivity index (χ3n) is 2.59. The van der Waals surface area contributed by atoms with Gasteiger partial charge in [-0.1, -0.05) is 24.3 Å². The van der Waals surface area contributed by atoms with Gasteiger partial charge in [-0.15, -0.1) is 11.6 Å². The van der Waals surface area contributed by atoms with E-state index in [1.807, 2.05) is 48.5 Å². The number of rotatable bonds is 5. The Kier molecular flexibility index (Phi) is 4.48. The van der Waals surface area contributed by atoms with E-state index in [1.54, 1.807) is 7.11 Å². The average molecular weight is 263 g/mol. The standard InChI is InChI=1S/C15H15ClO2/c1-17-14-6-3-5-13(9-14)11-18-15-7-2-4-12(8-15)10-16/h2-9H,10-11H2,1H3. The molecule has 0 unspecified atom stereocenters. The van der Waals surface area contributed by atoms with Gasteiger partial charge in [0, 0.05) is 5.88 Å². The largest absolute Gasteiger partial charge is 0.497 e. The second kappa shape index (κ2) is 6.31. The number of alkyl halides is 1. The summed E-state index contributed by atoms with van der Waals surface area (Å²) in [7, 11) is 1.66. The minimum absolute atomic E-state index is 0.496. The highest BCUT2D eigenvalue weighted by atomic mass is 35.5. The van der Waals surface area contributed by atoms with Crippen molar-refractivity contribution < 1.29 is 9.47 Å². The molecule has 0 aromatic heterocycles. The maximum atomic E-state index is 5.78. The number of hydrogen-bond acceptors (Lipinski definition) is 2. The molecule has 0 radical (unpaired) electrons. The molecule has 0 spiro atoms. The zero-order valence-electron chi connectivity index (χ0n) is 10.2. The third kappa shape index (κ3) is 3.41. The van der Waals surface area contributed by atoms with Crippen LogP contribution in [-0.4, -0.2) is 7.11 Å². The van der Waals surface area contributed by atoms with E-state index >= 15 is 0 Å². The van der Waals surface area contributed by atoms with Crippen molar-refractivity contribution in [1.82, 2.24) is 0 Å². The number of methoxy groups -OCH3 is 1. The maximum Gasteiger partial charge on any atom is 0.120 e. The minimum Gasteiger partial charge on any atom is -0.497 e. The molecule has 2 aromatic rings. The molecule has 18 heavy (non-hydrogen) atoms. The lowest BCUT2D eigenvalue weighted by Gasteiger charge is -2.08. The van der Waals surface area contributed by atoms with Gasteiger partial charge in [-0.05, 0) is 35.4 Å². The zero-order valence-corrected chi connectivity index (χ0v) is 11.0. The van der Waals surface area contributed by atoms with Crippen LogP contribution in [0.3, 0.4) is 0 Å². The van der Waals surface area contributed by atoms with Gasteiger partial charge < -0.3 is 9.47 Å². The Morgan fingerprint density at radius 1 is 0.944 bits per heavy atom. The van der Waals surface area contributed by atoms with Gasteiger partial charge in [0.2, 0.25) is 0 Å². The predicted molar refractivity (Wildman–Crippen MR) is 73.3 cm³/mol. The number of ether oxygens (including phenoxy) is 2. The molecular weight excluding hydrogens is 248 g/mol. The van der Waals surface area contributed by atoms with Crippen LogP contribution in [0.15, 0.2) is 48.5 Å². The molecule has 0 saturated carbocycles. The molecule has 2 nitrogen and oxygen atoms in total. The lowest BCUT2D eigenvalue weighted by molar-refractivity contribution is 0.305. The quantitative estimate of drug-likeness (QED) is 0.758. The Labute approximate surface area is 112 Å². The van der Waals surface area contributed by atoms with E-state index in [0.717, 1.165) is 22.6 Å². The fourth-order valence-electron chi connectivity index (χ4n) is 1.65. The first-order chi connectivity index (χ1) is 8.81. The van der Waals surface area contributed by atoms with Crippen LogP contribution >= 0.6 is 11.6 Å². The second-order valence-electron chi connectivity index (χ2n) is 3.92. The molecule has 2 aromatic carbocycles. The highest BCUT2D eigenvalue weighted by Crippen LogP contribution is 2.18. The predicted octanol–water partition coefficient (Wildman–Crippen LogP) is 4.01. The Bertz CT molecular complexity index is 464. The molecule has 3 heteroatoms. The summed E-state index contributed by atoms with van der Waals surface area (Å²) in [5.41, 5.74) is 2.13. The van der Waals surface area contributed by atoms with Gasteiger partial charge in [0.05, 0.1) is 7.11 Å². The topological polar surface area (TPSA) is 18.5 Å². The van der Waals surface area contributed by atoms with Gasteiger partial charge in [0.15, 0.2) is 0 Å². The first-order valence-electron chi connectivity index (χ1n) is 5.72. The van der Waals surface area contributed by atoms with Crippen LogP contribution in [0.5, 0.6) is 11.5 Å². The molecule has 0 amide bonds. The van der Waals surface area contributed by atoms with E-state index in [2.05, 4.69) is 0 Å². The molecule has 0 N–H and O–H groups in total. The summed E-state index contributed by atoms with van der Waals surface area (Å²) in [5.74, 6) is 2.16. The molecular formula is C15H15ClO2. The number of halogens is 1. The highest BCUT2D eigenvalue weighted by Gasteiger charge is 1.99. The molecule has 2 rings (SSSR count). The molecule has 0 heterocycles. The van der Waals surface area contributed by atoms with Crippen LogP contribution in [0.4, 0.5) is 0 Å². The van der Waals surface area contributed by atoms with Crippen molar-refractivity contribution in [2.24, 2.45) is 0 Å². The average Bonchev–Trinajstić information content (AvgIpc) is 2.45. The van der Waals surface area contributed by atoms with Crippen molar-refractivity contribution in [3.8, 4) is 11.5 Å². The van der Waals surface area contributed by atoms with Crippen molar-refractivity contribution in [3.05, 3.63) is 59.7 Å². The molecule has 0 atom stereocenters. The zero-order chi connectivity index (χ0) is 12.8. The van der Waals surface area contributed by atoms with Gasteiger partial charge in [-0.25, -0.2) is 0 Å². The summed E-state index contributed by atoms with van der Waals surface area (Å²) in [6.45, 7) is 0.517. The number of hydrogen-bond donors (Lipinski definition) is 0. The van der Waals surface area contributed by atoms with Gasteiger partial charge in [-0.2, -0.15) is 0 Å². The van der Waals surface area contributed by atoms with Gasteiger partial charge in [0.25, 0.3) is 0 Å². The maximum absolute atomic E-state index is 5.78. The molecule has 0 aliphatic heterocycles. The van der Waals surface area contributed by atoms with E-state index in [9.17, 15) is 0 Å². The fourth-order valence-corrected chi connectivity index (χ4v) is 1.81. The Hall–Kier alpha value is -1.67. The fraction of sp³-hybridized carbons (Fsp3) is 0.200. The van der Waals surface area contributed by atoms with E-state index < -0.39 is 0 Å². The van der Waals surface area contributed by atoms with Gasteiger partial charge in [0.1, 0.15) is 18.1 Å². The second-order valence-corrected chi connectivity index (χ2v) is 4.19. The summed E-state index contributed by atoms with van der Waals surface area (Å²) >= 11 is 5.78. The van der Waals surface area contributed by atoms with Crippen molar-refractivity contribution in [2.45, 2.75) is 12.5 Å². The first-order valence-corrected chi connectivity index (χ1v) is 6.26. The van der Waals surface area contributed by atoms with Crippen LogP contribution < -0.4 is 9.47 Å².